The standard InChI is InChI=1S/C5H8O6/c1-5(7-3-9-11-5)4-6-2-8-10-4/h4H,2-3H2,1H3/t4-,5-/m1/s1. The largest absolute Gasteiger partial charge is 0.315 e. The molecule has 0 N–H and O–H groups in total. The van der Waals surface area contributed by atoms with Crippen molar-refractivity contribution >= 4 is 0 Å². The minimum Gasteiger partial charge on any atom is -0.315 e. The fourth-order valence-corrected chi connectivity index (χ4v) is 0.859. The summed E-state index contributed by atoms with van der Waals surface area (Å²) in [6.45, 7) is 1.78. The maximum Gasteiger partial charge on any atom is 0.255 e. The maximum atomic E-state index is 5.05. The molecule has 0 aromatic carbocycles. The Balaban J connectivity index is 2.00. The summed E-state index contributed by atoms with van der Waals surface area (Å²) < 4.78 is 10.0. The molecule has 0 aromatic rings. The molecule has 2 aliphatic heterocycles. The Bertz CT molecular complexity index is 136. The first kappa shape index (κ1) is 7.41. The quantitative estimate of drug-likeness (QED) is 0.504. The molecular weight excluding hydrogens is 156 g/mol. The smallest absolute Gasteiger partial charge is 0.255 e. The van der Waals surface area contributed by atoms with Crippen LogP contribution < -0.4 is 0 Å². The first-order valence-corrected chi connectivity index (χ1v) is 3.16. The van der Waals surface area contributed by atoms with Crippen molar-refractivity contribution in [3.63, 3.8) is 0 Å². The number of hydrogen-bond donors (Lipinski definition) is 0. The molecule has 64 valence electrons. The van der Waals surface area contributed by atoms with E-state index >= 15 is 0 Å². The SMILES string of the molecule is C[C@@]1([C@@H]2OCOO2)OCOO1. The van der Waals surface area contributed by atoms with E-state index in [2.05, 4.69) is 14.7 Å². The molecule has 0 saturated carbocycles. The van der Waals surface area contributed by atoms with Gasteiger partial charge in [0, 0.05) is 0 Å². The van der Waals surface area contributed by atoms with E-state index in [1.807, 2.05) is 0 Å². The van der Waals surface area contributed by atoms with Crippen LogP contribution in [0.15, 0.2) is 0 Å². The Morgan fingerprint density at radius 1 is 1.27 bits per heavy atom. The lowest BCUT2D eigenvalue weighted by Gasteiger charge is -2.21. The zero-order chi connectivity index (χ0) is 7.73. The average molecular weight is 164 g/mol. The number of ether oxygens (including phenoxy) is 2. The van der Waals surface area contributed by atoms with Crippen LogP contribution in [0.25, 0.3) is 0 Å². The van der Waals surface area contributed by atoms with Crippen LogP contribution in [0, 0.1) is 0 Å². The summed E-state index contributed by atoms with van der Waals surface area (Å²) in [5.41, 5.74) is 0. The van der Waals surface area contributed by atoms with Gasteiger partial charge in [0.15, 0.2) is 13.6 Å². The summed E-state index contributed by atoms with van der Waals surface area (Å²) in [5.74, 6) is -1.02. The lowest BCUT2D eigenvalue weighted by Crippen LogP contribution is -2.40. The van der Waals surface area contributed by atoms with E-state index < -0.39 is 12.1 Å². The van der Waals surface area contributed by atoms with Gasteiger partial charge in [-0.1, -0.05) is 0 Å². The summed E-state index contributed by atoms with van der Waals surface area (Å²) in [6, 6.07) is 0. The van der Waals surface area contributed by atoms with Gasteiger partial charge >= 0.3 is 0 Å². The van der Waals surface area contributed by atoms with Crippen molar-refractivity contribution in [3.8, 4) is 0 Å². The van der Waals surface area contributed by atoms with Crippen LogP contribution in [0.4, 0.5) is 0 Å². The first-order valence-electron chi connectivity index (χ1n) is 3.16. The lowest BCUT2D eigenvalue weighted by atomic mass is 10.3. The molecule has 2 aliphatic rings. The van der Waals surface area contributed by atoms with Crippen LogP contribution >= 0.6 is 0 Å². The summed E-state index contributed by atoms with van der Waals surface area (Å²) in [4.78, 5) is 18.5. The highest BCUT2D eigenvalue weighted by Gasteiger charge is 2.47. The van der Waals surface area contributed by atoms with Gasteiger partial charge in [-0.2, -0.15) is 9.78 Å². The van der Waals surface area contributed by atoms with E-state index in [4.69, 9.17) is 14.4 Å². The Kier molecular flexibility index (Phi) is 1.80. The van der Waals surface area contributed by atoms with Crippen LogP contribution in [-0.2, 0) is 29.0 Å². The van der Waals surface area contributed by atoms with E-state index in [1.165, 1.54) is 0 Å². The first-order chi connectivity index (χ1) is 5.31. The van der Waals surface area contributed by atoms with Crippen LogP contribution in [0.3, 0.4) is 0 Å². The van der Waals surface area contributed by atoms with Gasteiger partial charge in [0.05, 0.1) is 0 Å². The predicted octanol–water partition coefficient (Wildman–Crippen LogP) is -0.0995. The van der Waals surface area contributed by atoms with E-state index in [1.54, 1.807) is 6.92 Å². The highest BCUT2D eigenvalue weighted by molar-refractivity contribution is 4.67. The molecule has 0 bridgehead atoms. The molecule has 2 heterocycles. The van der Waals surface area contributed by atoms with Crippen molar-refractivity contribution in [1.29, 1.82) is 0 Å². The molecule has 2 saturated heterocycles. The highest BCUT2D eigenvalue weighted by Crippen LogP contribution is 2.28. The van der Waals surface area contributed by atoms with Gasteiger partial charge in [0.2, 0.25) is 0 Å². The van der Waals surface area contributed by atoms with E-state index in [0.717, 1.165) is 0 Å². The van der Waals surface area contributed by atoms with Crippen molar-refractivity contribution in [2.75, 3.05) is 13.6 Å². The fourth-order valence-electron chi connectivity index (χ4n) is 0.859. The molecule has 0 amide bonds. The summed E-state index contributed by atoms with van der Waals surface area (Å²) in [7, 11) is 0. The average Bonchev–Trinajstić information content (AvgIpc) is 2.55. The highest BCUT2D eigenvalue weighted by atomic mass is 17.3. The Morgan fingerprint density at radius 2 is 2.18 bits per heavy atom. The van der Waals surface area contributed by atoms with Crippen molar-refractivity contribution < 1.29 is 29.0 Å². The van der Waals surface area contributed by atoms with Crippen molar-refractivity contribution in [2.24, 2.45) is 0 Å². The normalized spacial score (nSPS) is 45.0. The molecule has 11 heavy (non-hydrogen) atoms. The van der Waals surface area contributed by atoms with Gasteiger partial charge in [-0.25, -0.2) is 9.78 Å². The molecule has 0 unspecified atom stereocenters. The van der Waals surface area contributed by atoms with Crippen LogP contribution in [-0.4, -0.2) is 25.7 Å². The Morgan fingerprint density at radius 3 is 2.73 bits per heavy atom. The van der Waals surface area contributed by atoms with Crippen LogP contribution in [0.1, 0.15) is 6.92 Å². The van der Waals surface area contributed by atoms with Gasteiger partial charge in [0.25, 0.3) is 12.1 Å². The van der Waals surface area contributed by atoms with Crippen molar-refractivity contribution in [1.82, 2.24) is 0 Å². The number of hydrogen-bond acceptors (Lipinski definition) is 6. The fraction of sp³-hybridized carbons (Fsp3) is 1.00. The van der Waals surface area contributed by atoms with Gasteiger partial charge in [-0.15, -0.1) is 0 Å². The molecule has 6 nitrogen and oxygen atoms in total. The molecule has 0 radical (unpaired) electrons. The second-order valence-corrected chi connectivity index (χ2v) is 2.31. The molecule has 6 heteroatoms. The second-order valence-electron chi connectivity index (χ2n) is 2.31. The molecular formula is C5H8O6. The van der Waals surface area contributed by atoms with Gasteiger partial charge in [-0.05, 0) is 6.92 Å². The minimum atomic E-state index is -1.02. The van der Waals surface area contributed by atoms with E-state index in [0.29, 0.717) is 0 Å². The molecule has 0 spiro atoms. The summed E-state index contributed by atoms with van der Waals surface area (Å²) in [6.07, 6.45) is -0.690. The van der Waals surface area contributed by atoms with E-state index in [-0.39, 0.29) is 13.6 Å². The molecule has 2 rings (SSSR count). The zero-order valence-electron chi connectivity index (χ0n) is 5.94. The third-order valence-corrected chi connectivity index (χ3v) is 1.47. The van der Waals surface area contributed by atoms with Gasteiger partial charge in [0.1, 0.15) is 0 Å². The van der Waals surface area contributed by atoms with Crippen LogP contribution in [0.5, 0.6) is 0 Å². The maximum absolute atomic E-state index is 5.05. The van der Waals surface area contributed by atoms with Crippen molar-refractivity contribution in [2.45, 2.75) is 19.0 Å². The minimum absolute atomic E-state index is 0.0692. The molecule has 0 aromatic heterocycles. The Hall–Kier alpha value is -0.240. The molecule has 0 aliphatic carbocycles. The van der Waals surface area contributed by atoms with Gasteiger partial charge in [-0.3, -0.25) is 0 Å². The van der Waals surface area contributed by atoms with Crippen molar-refractivity contribution in [3.05, 3.63) is 0 Å². The molecule has 2 fully saturated rings. The predicted molar refractivity (Wildman–Crippen MR) is 28.4 cm³/mol. The number of rotatable bonds is 1. The monoisotopic (exact) mass is 164 g/mol. The van der Waals surface area contributed by atoms with Crippen LogP contribution in [0.2, 0.25) is 0 Å². The van der Waals surface area contributed by atoms with Gasteiger partial charge < -0.3 is 9.47 Å². The third kappa shape index (κ3) is 1.24. The second kappa shape index (κ2) is 2.67. The van der Waals surface area contributed by atoms with E-state index in [9.17, 15) is 0 Å². The summed E-state index contributed by atoms with van der Waals surface area (Å²) >= 11 is 0. The lowest BCUT2D eigenvalue weighted by molar-refractivity contribution is -0.395. The Labute approximate surface area is 62.7 Å². The third-order valence-electron chi connectivity index (χ3n) is 1.47. The topological polar surface area (TPSA) is 55.4 Å². The molecule has 2 atom stereocenters. The summed E-state index contributed by atoms with van der Waals surface area (Å²) in [5, 5.41) is 0. The zero-order valence-corrected chi connectivity index (χ0v) is 5.94.